The Morgan fingerprint density at radius 3 is 2.23 bits per heavy atom. The van der Waals surface area contributed by atoms with E-state index in [0.717, 1.165) is 32.5 Å². The Hall–Kier alpha value is -2.40. The lowest BCUT2D eigenvalue weighted by Gasteiger charge is -2.35. The third-order valence-corrected chi connectivity index (χ3v) is 4.34. The molecular formula is C19H29F3N4O4. The number of aryl methyl sites for hydroxylation is 1. The summed E-state index contributed by atoms with van der Waals surface area (Å²) in [5, 5.41) is 22.5. The molecule has 170 valence electrons. The van der Waals surface area contributed by atoms with Crippen LogP contribution in [0.4, 0.5) is 13.2 Å². The predicted octanol–water partition coefficient (Wildman–Crippen LogP) is 2.36. The molecule has 1 fully saturated rings. The quantitative estimate of drug-likeness (QED) is 0.566. The Balaban J connectivity index is 0.000000479. The Bertz CT molecular complexity index is 710. The molecular weight excluding hydrogens is 405 g/mol. The van der Waals surface area contributed by atoms with E-state index in [-0.39, 0.29) is 5.56 Å². The highest BCUT2D eigenvalue weighted by Crippen LogP contribution is 2.32. The maximum atomic E-state index is 13.1. The van der Waals surface area contributed by atoms with E-state index in [9.17, 15) is 22.8 Å². The van der Waals surface area contributed by atoms with Gasteiger partial charge in [-0.05, 0) is 31.8 Å². The second-order valence-electron chi connectivity index (χ2n) is 7.49. The van der Waals surface area contributed by atoms with Crippen molar-refractivity contribution in [2.45, 2.75) is 45.5 Å². The molecule has 2 heterocycles. The number of aromatic nitrogens is 2. The summed E-state index contributed by atoms with van der Waals surface area (Å²) in [6, 6.07) is 0.338. The molecule has 11 heteroatoms. The lowest BCUT2D eigenvalue weighted by molar-refractivity contribution is -0.142. The smallest absolute Gasteiger partial charge is 0.435 e. The zero-order valence-corrected chi connectivity index (χ0v) is 17.3. The van der Waals surface area contributed by atoms with Crippen LogP contribution in [0.5, 0.6) is 0 Å². The van der Waals surface area contributed by atoms with Crippen molar-refractivity contribution in [2.24, 2.45) is 13.0 Å². The maximum Gasteiger partial charge on any atom is 0.435 e. The minimum atomic E-state index is -4.39. The lowest BCUT2D eigenvalue weighted by Crippen LogP contribution is -2.44. The highest BCUT2D eigenvalue weighted by molar-refractivity contribution is 5.89. The molecule has 1 aliphatic heterocycles. The summed E-state index contributed by atoms with van der Waals surface area (Å²) in [5.74, 6) is -2.10. The molecule has 3 N–H and O–H groups in total. The third-order valence-electron chi connectivity index (χ3n) is 4.34. The normalized spacial score (nSPS) is 15.5. The molecule has 30 heavy (non-hydrogen) atoms. The van der Waals surface area contributed by atoms with Crippen molar-refractivity contribution in [1.82, 2.24) is 20.0 Å². The number of hydrogen-bond donors (Lipinski definition) is 3. The summed E-state index contributed by atoms with van der Waals surface area (Å²) in [7, 11) is 1.54. The van der Waals surface area contributed by atoms with E-state index in [1.54, 1.807) is 0 Å². The van der Waals surface area contributed by atoms with Crippen LogP contribution in [0, 0.1) is 5.92 Å². The summed E-state index contributed by atoms with van der Waals surface area (Å²) in [6.07, 6.45) is 0.179. The van der Waals surface area contributed by atoms with Crippen LogP contribution >= 0.6 is 0 Å². The van der Waals surface area contributed by atoms with Gasteiger partial charge in [0.05, 0.1) is 0 Å². The number of halogens is 3. The van der Waals surface area contributed by atoms with Gasteiger partial charge in [0, 0.05) is 50.1 Å². The molecule has 0 atom stereocenters. The number of nitrogens with zero attached hydrogens (tertiary/aromatic N) is 3. The molecule has 1 aliphatic rings. The van der Waals surface area contributed by atoms with Gasteiger partial charge in [0.25, 0.3) is 0 Å². The third kappa shape index (κ3) is 9.40. The molecule has 0 unspecified atom stereocenters. The molecule has 0 bridgehead atoms. The number of alkyl halides is 3. The van der Waals surface area contributed by atoms with E-state index in [1.807, 2.05) is 0 Å². The second-order valence-corrected chi connectivity index (χ2v) is 7.49. The molecule has 0 aliphatic carbocycles. The van der Waals surface area contributed by atoms with Crippen LogP contribution in [-0.2, 0) is 29.4 Å². The first-order valence-corrected chi connectivity index (χ1v) is 9.58. The molecule has 0 amide bonds. The topological polar surface area (TPSA) is 108 Å². The summed E-state index contributed by atoms with van der Waals surface area (Å²) < 4.78 is 40.6. The predicted molar refractivity (Wildman–Crippen MR) is 104 cm³/mol. The van der Waals surface area contributed by atoms with Gasteiger partial charge in [-0.2, -0.15) is 18.3 Å². The number of carboxylic acid groups (broad SMARTS) is 2. The van der Waals surface area contributed by atoms with Crippen LogP contribution < -0.4 is 5.32 Å². The van der Waals surface area contributed by atoms with Crippen molar-refractivity contribution < 1.29 is 33.0 Å². The van der Waals surface area contributed by atoms with E-state index in [4.69, 9.17) is 10.2 Å². The molecule has 1 aromatic heterocycles. The highest BCUT2D eigenvalue weighted by Gasteiger charge is 2.37. The van der Waals surface area contributed by atoms with E-state index in [0.29, 0.717) is 30.7 Å². The monoisotopic (exact) mass is 434 g/mol. The van der Waals surface area contributed by atoms with Gasteiger partial charge in [-0.3, -0.25) is 9.58 Å². The standard InChI is InChI=1S/C15H25F3N4.C4H4O4/c1-11(2)8-22(13-4-6-19-7-5-13)10-12-9-21(3)20-14(12)15(16,17)18;5-3(6)1-2-4(7)8/h9,11,13,19H,4-8,10H2,1-3H3;1-2H,(H,5,6)(H,7,8)/b;2-1+. The SMILES string of the molecule is CC(C)CN(Cc1cn(C)nc1C(F)(F)F)C1CCNCC1.O=C(O)/C=C/C(=O)O. The van der Waals surface area contributed by atoms with Gasteiger partial charge in [0.2, 0.25) is 0 Å². The highest BCUT2D eigenvalue weighted by atomic mass is 19.4. The fraction of sp³-hybridized carbons (Fsp3) is 0.632. The summed E-state index contributed by atoms with van der Waals surface area (Å²) >= 11 is 0. The molecule has 2 rings (SSSR count). The summed E-state index contributed by atoms with van der Waals surface area (Å²) in [6.45, 7) is 7.17. The van der Waals surface area contributed by atoms with Gasteiger partial charge in [-0.25, -0.2) is 9.59 Å². The van der Waals surface area contributed by atoms with Crippen LogP contribution in [0.1, 0.15) is 37.9 Å². The van der Waals surface area contributed by atoms with Crippen LogP contribution in [0.3, 0.4) is 0 Å². The Kier molecular flexibility index (Phi) is 10.00. The minimum absolute atomic E-state index is 0.272. The van der Waals surface area contributed by atoms with Crippen molar-refractivity contribution in [3.8, 4) is 0 Å². The van der Waals surface area contributed by atoms with E-state index in [2.05, 4.69) is 29.2 Å². The molecule has 0 spiro atoms. The Morgan fingerprint density at radius 1 is 1.27 bits per heavy atom. The van der Waals surface area contributed by atoms with E-state index < -0.39 is 23.8 Å². The maximum absolute atomic E-state index is 13.1. The molecule has 0 saturated carbocycles. The second kappa shape index (κ2) is 11.7. The van der Waals surface area contributed by atoms with Crippen LogP contribution in [-0.4, -0.2) is 62.5 Å². The average molecular weight is 434 g/mol. The molecule has 0 aromatic carbocycles. The summed E-state index contributed by atoms with van der Waals surface area (Å²) in [4.78, 5) is 21.3. The minimum Gasteiger partial charge on any atom is -0.478 e. The van der Waals surface area contributed by atoms with E-state index >= 15 is 0 Å². The molecule has 8 nitrogen and oxygen atoms in total. The molecule has 0 radical (unpaired) electrons. The van der Waals surface area contributed by atoms with E-state index in [1.165, 1.54) is 17.9 Å². The fourth-order valence-electron chi connectivity index (χ4n) is 3.24. The summed E-state index contributed by atoms with van der Waals surface area (Å²) in [5.41, 5.74) is -0.480. The largest absolute Gasteiger partial charge is 0.478 e. The van der Waals surface area contributed by atoms with Gasteiger partial charge < -0.3 is 15.5 Å². The van der Waals surface area contributed by atoms with Crippen molar-refractivity contribution in [1.29, 1.82) is 0 Å². The number of carboxylic acids is 2. The van der Waals surface area contributed by atoms with Gasteiger partial charge in [-0.1, -0.05) is 13.8 Å². The number of aliphatic carboxylic acids is 2. The first kappa shape index (κ1) is 25.6. The van der Waals surface area contributed by atoms with Crippen LogP contribution in [0.25, 0.3) is 0 Å². The van der Waals surface area contributed by atoms with Gasteiger partial charge in [0.15, 0.2) is 5.69 Å². The van der Waals surface area contributed by atoms with Crippen LogP contribution in [0.2, 0.25) is 0 Å². The number of piperidine rings is 1. The number of nitrogens with one attached hydrogen (secondary N) is 1. The van der Waals surface area contributed by atoms with Crippen molar-refractivity contribution in [2.75, 3.05) is 19.6 Å². The molecule has 1 saturated heterocycles. The zero-order chi connectivity index (χ0) is 22.9. The molecule has 1 aromatic rings. The van der Waals surface area contributed by atoms with Crippen molar-refractivity contribution >= 4 is 11.9 Å². The zero-order valence-electron chi connectivity index (χ0n) is 17.3. The number of carbonyl (C=O) groups is 2. The first-order chi connectivity index (χ1) is 13.9. The van der Waals surface area contributed by atoms with Gasteiger partial charge in [-0.15, -0.1) is 0 Å². The van der Waals surface area contributed by atoms with Gasteiger partial charge >= 0.3 is 18.1 Å². The van der Waals surface area contributed by atoms with Crippen molar-refractivity contribution in [3.05, 3.63) is 29.6 Å². The Labute approximate surface area is 173 Å². The van der Waals surface area contributed by atoms with Crippen molar-refractivity contribution in [3.63, 3.8) is 0 Å². The van der Waals surface area contributed by atoms with Crippen LogP contribution in [0.15, 0.2) is 18.3 Å². The number of hydrogen-bond acceptors (Lipinski definition) is 5. The van der Waals surface area contributed by atoms with Gasteiger partial charge in [0.1, 0.15) is 0 Å². The average Bonchev–Trinajstić information content (AvgIpc) is 3.01. The Morgan fingerprint density at radius 2 is 1.80 bits per heavy atom. The fourth-order valence-corrected chi connectivity index (χ4v) is 3.24. The number of rotatable bonds is 7. The lowest BCUT2D eigenvalue weighted by atomic mass is 10.0. The first-order valence-electron chi connectivity index (χ1n) is 9.58.